The zero-order valence-corrected chi connectivity index (χ0v) is 18.3. The normalized spacial score (nSPS) is 17.6. The number of aromatic nitrogens is 1. The number of amides is 1. The third kappa shape index (κ3) is 6.24. The van der Waals surface area contributed by atoms with E-state index in [-0.39, 0.29) is 23.7 Å². The number of rotatable bonds is 8. The Morgan fingerprint density at radius 3 is 2.66 bits per heavy atom. The van der Waals surface area contributed by atoms with Crippen LogP contribution in [0.2, 0.25) is 0 Å². The van der Waals surface area contributed by atoms with E-state index < -0.39 is 0 Å². The molecule has 1 aromatic heterocycles. The second-order valence-electron chi connectivity index (χ2n) is 8.55. The summed E-state index contributed by atoms with van der Waals surface area (Å²) in [6.45, 7) is 2.53. The van der Waals surface area contributed by atoms with Crippen molar-refractivity contribution in [3.8, 4) is 0 Å². The van der Waals surface area contributed by atoms with Crippen LogP contribution < -0.4 is 5.32 Å². The van der Waals surface area contributed by atoms with Crippen molar-refractivity contribution in [3.05, 3.63) is 102 Å². The van der Waals surface area contributed by atoms with Crippen LogP contribution >= 0.6 is 0 Å². The molecule has 1 N–H and O–H groups in total. The van der Waals surface area contributed by atoms with Gasteiger partial charge in [-0.2, -0.15) is 0 Å². The van der Waals surface area contributed by atoms with Crippen LogP contribution in [0, 0.1) is 11.7 Å². The number of likely N-dealkylation sites (tertiary alicyclic amines) is 1. The van der Waals surface area contributed by atoms with Crippen LogP contribution in [0.25, 0.3) is 0 Å². The Labute approximate surface area is 189 Å². The minimum absolute atomic E-state index is 0.0479. The molecule has 0 aliphatic carbocycles. The average Bonchev–Trinajstić information content (AvgIpc) is 2.83. The van der Waals surface area contributed by atoms with E-state index in [1.54, 1.807) is 18.3 Å². The highest BCUT2D eigenvalue weighted by Crippen LogP contribution is 2.30. The predicted octanol–water partition coefficient (Wildman–Crippen LogP) is 4.92. The fourth-order valence-corrected chi connectivity index (χ4v) is 4.54. The molecule has 0 bridgehead atoms. The smallest absolute Gasteiger partial charge is 0.220 e. The van der Waals surface area contributed by atoms with Crippen molar-refractivity contribution in [1.29, 1.82) is 0 Å². The van der Waals surface area contributed by atoms with Gasteiger partial charge in [0.25, 0.3) is 0 Å². The van der Waals surface area contributed by atoms with Gasteiger partial charge in [-0.1, -0.05) is 48.5 Å². The maximum absolute atomic E-state index is 13.6. The molecule has 4 nitrogen and oxygen atoms in total. The SMILES string of the molecule is O=C(CCc1ccccc1)N[C@H](c1ccccn1)[C@H]1CCCN(Cc2cccc(F)c2)C1. The quantitative estimate of drug-likeness (QED) is 0.550. The van der Waals surface area contributed by atoms with Gasteiger partial charge in [0.15, 0.2) is 0 Å². The van der Waals surface area contributed by atoms with Gasteiger partial charge in [0.1, 0.15) is 5.82 Å². The number of nitrogens with zero attached hydrogens (tertiary/aromatic N) is 2. The van der Waals surface area contributed by atoms with Gasteiger partial charge in [0.05, 0.1) is 11.7 Å². The molecule has 0 saturated carbocycles. The summed E-state index contributed by atoms with van der Waals surface area (Å²) >= 11 is 0. The Balaban J connectivity index is 1.43. The van der Waals surface area contributed by atoms with E-state index >= 15 is 0 Å². The van der Waals surface area contributed by atoms with E-state index in [0.29, 0.717) is 13.0 Å². The van der Waals surface area contributed by atoms with Crippen LogP contribution in [-0.4, -0.2) is 28.9 Å². The van der Waals surface area contributed by atoms with Crippen molar-refractivity contribution in [3.63, 3.8) is 0 Å². The first kappa shape index (κ1) is 22.2. The molecule has 1 fully saturated rings. The van der Waals surface area contributed by atoms with E-state index in [1.807, 2.05) is 42.5 Å². The van der Waals surface area contributed by atoms with Crippen molar-refractivity contribution in [2.75, 3.05) is 13.1 Å². The van der Waals surface area contributed by atoms with E-state index in [4.69, 9.17) is 0 Å². The molecule has 1 saturated heterocycles. The minimum atomic E-state index is -0.201. The Kier molecular flexibility index (Phi) is 7.62. The zero-order valence-electron chi connectivity index (χ0n) is 18.3. The lowest BCUT2D eigenvalue weighted by Crippen LogP contribution is -2.43. The van der Waals surface area contributed by atoms with E-state index in [0.717, 1.165) is 49.2 Å². The maximum Gasteiger partial charge on any atom is 0.220 e. The van der Waals surface area contributed by atoms with Gasteiger partial charge >= 0.3 is 0 Å². The first-order chi connectivity index (χ1) is 15.7. The number of pyridine rings is 1. The van der Waals surface area contributed by atoms with Gasteiger partial charge in [-0.15, -0.1) is 0 Å². The Morgan fingerprint density at radius 1 is 1.06 bits per heavy atom. The van der Waals surface area contributed by atoms with Crippen molar-refractivity contribution < 1.29 is 9.18 Å². The molecule has 0 spiro atoms. The average molecular weight is 432 g/mol. The molecule has 4 rings (SSSR count). The Bertz CT molecular complexity index is 996. The molecule has 0 radical (unpaired) electrons. The van der Waals surface area contributed by atoms with E-state index in [9.17, 15) is 9.18 Å². The van der Waals surface area contributed by atoms with Crippen molar-refractivity contribution >= 4 is 5.91 Å². The number of hydrogen-bond acceptors (Lipinski definition) is 3. The minimum Gasteiger partial charge on any atom is -0.347 e. The molecule has 1 aliphatic heterocycles. The molecule has 1 aliphatic rings. The molecule has 3 aromatic rings. The lowest BCUT2D eigenvalue weighted by atomic mass is 9.88. The maximum atomic E-state index is 13.6. The van der Waals surface area contributed by atoms with E-state index in [2.05, 4.69) is 27.3 Å². The highest BCUT2D eigenvalue weighted by Gasteiger charge is 2.30. The Hall–Kier alpha value is -3.05. The summed E-state index contributed by atoms with van der Waals surface area (Å²) < 4.78 is 13.6. The molecule has 1 amide bonds. The molecule has 0 unspecified atom stereocenters. The Morgan fingerprint density at radius 2 is 1.88 bits per heavy atom. The summed E-state index contributed by atoms with van der Waals surface area (Å²) in [6, 6.07) is 22.6. The number of piperidine rings is 1. The van der Waals surface area contributed by atoms with Crippen LogP contribution in [0.4, 0.5) is 4.39 Å². The van der Waals surface area contributed by atoms with Gasteiger partial charge in [0, 0.05) is 25.7 Å². The number of hydrogen-bond donors (Lipinski definition) is 1. The predicted molar refractivity (Wildman–Crippen MR) is 124 cm³/mol. The number of nitrogens with one attached hydrogen (secondary N) is 1. The third-order valence-electron chi connectivity index (χ3n) is 6.12. The molecule has 2 atom stereocenters. The van der Waals surface area contributed by atoms with Crippen molar-refractivity contribution in [2.45, 2.75) is 38.3 Å². The summed E-state index contributed by atoms with van der Waals surface area (Å²) in [5.41, 5.74) is 3.04. The molecule has 2 heterocycles. The molecule has 166 valence electrons. The fraction of sp³-hybridized carbons (Fsp3) is 0.333. The largest absolute Gasteiger partial charge is 0.347 e. The summed E-state index contributed by atoms with van der Waals surface area (Å²) in [7, 11) is 0. The molecular formula is C27H30FN3O. The van der Waals surface area contributed by atoms with Gasteiger partial charge in [0.2, 0.25) is 5.91 Å². The standard InChI is InChI=1S/C27H30FN3O/c28-24-12-6-10-22(18-24)19-31-17-7-11-23(20-31)27(25-13-4-5-16-29-25)30-26(32)15-14-21-8-2-1-3-9-21/h1-6,8-10,12-13,16,18,23,27H,7,11,14-15,17,19-20H2,(H,30,32)/t23-,27-/m0/s1. The number of aryl methyl sites for hydroxylation is 1. The lowest BCUT2D eigenvalue weighted by molar-refractivity contribution is -0.122. The monoisotopic (exact) mass is 431 g/mol. The van der Waals surface area contributed by atoms with Crippen LogP contribution in [0.3, 0.4) is 0 Å². The van der Waals surface area contributed by atoms with Crippen LogP contribution in [0.5, 0.6) is 0 Å². The van der Waals surface area contributed by atoms with Crippen LogP contribution in [0.15, 0.2) is 79.0 Å². The second-order valence-corrected chi connectivity index (χ2v) is 8.55. The van der Waals surface area contributed by atoms with Gasteiger partial charge < -0.3 is 5.32 Å². The summed E-state index contributed by atoms with van der Waals surface area (Å²) in [5.74, 6) is 0.104. The summed E-state index contributed by atoms with van der Waals surface area (Å²) in [5, 5.41) is 3.28. The van der Waals surface area contributed by atoms with Crippen LogP contribution in [-0.2, 0) is 17.8 Å². The molecule has 2 aromatic carbocycles. The summed E-state index contributed by atoms with van der Waals surface area (Å²) in [6.07, 6.45) is 5.03. The second kappa shape index (κ2) is 11.0. The summed E-state index contributed by atoms with van der Waals surface area (Å²) in [4.78, 5) is 19.8. The first-order valence-corrected chi connectivity index (χ1v) is 11.4. The third-order valence-corrected chi connectivity index (χ3v) is 6.12. The number of benzene rings is 2. The van der Waals surface area contributed by atoms with E-state index in [1.165, 1.54) is 6.07 Å². The van der Waals surface area contributed by atoms with Gasteiger partial charge in [-0.3, -0.25) is 14.7 Å². The fourth-order valence-electron chi connectivity index (χ4n) is 4.54. The topological polar surface area (TPSA) is 45.2 Å². The van der Waals surface area contributed by atoms with Crippen molar-refractivity contribution in [2.24, 2.45) is 5.92 Å². The lowest BCUT2D eigenvalue weighted by Gasteiger charge is -2.37. The van der Waals surface area contributed by atoms with Gasteiger partial charge in [-0.25, -0.2) is 4.39 Å². The highest BCUT2D eigenvalue weighted by atomic mass is 19.1. The molecule has 32 heavy (non-hydrogen) atoms. The molecular weight excluding hydrogens is 401 g/mol. The van der Waals surface area contributed by atoms with Gasteiger partial charge in [-0.05, 0) is 67.1 Å². The number of halogens is 1. The molecule has 5 heteroatoms. The zero-order chi connectivity index (χ0) is 22.2. The number of carbonyl (C=O) groups is 1. The number of carbonyl (C=O) groups excluding carboxylic acids is 1. The van der Waals surface area contributed by atoms with Crippen molar-refractivity contribution in [1.82, 2.24) is 15.2 Å². The highest BCUT2D eigenvalue weighted by molar-refractivity contribution is 5.76. The van der Waals surface area contributed by atoms with Crippen LogP contribution in [0.1, 0.15) is 42.1 Å². The first-order valence-electron chi connectivity index (χ1n) is 11.4.